The lowest BCUT2D eigenvalue weighted by atomic mass is 9.98. The summed E-state index contributed by atoms with van der Waals surface area (Å²) in [6.45, 7) is 0. The molecule has 0 radical (unpaired) electrons. The van der Waals surface area contributed by atoms with Gasteiger partial charge in [0.1, 0.15) is 0 Å². The number of nitrogens with one attached hydrogen (secondary N) is 1. The van der Waals surface area contributed by atoms with Crippen LogP contribution in [0.2, 0.25) is 5.02 Å². The van der Waals surface area contributed by atoms with Gasteiger partial charge in [-0.3, -0.25) is 4.79 Å². The number of hydrogen-bond donors (Lipinski definition) is 1. The molecule has 0 heterocycles. The molecule has 0 aliphatic heterocycles. The van der Waals surface area contributed by atoms with E-state index < -0.39 is 0 Å². The van der Waals surface area contributed by atoms with E-state index in [4.69, 9.17) is 11.6 Å². The molecular weight excluding hydrogens is 306 g/mol. The second-order valence-corrected chi connectivity index (χ2v) is 5.67. The predicted molar refractivity (Wildman–Crippen MR) is 93.6 cm³/mol. The SMILES string of the molecule is O=C(NC(c1ccccc1)c1ccccc1)c1cccc(Cl)c1. The minimum atomic E-state index is -0.205. The number of carbonyl (C=O) groups is 1. The van der Waals surface area contributed by atoms with E-state index in [9.17, 15) is 4.79 Å². The van der Waals surface area contributed by atoms with Crippen LogP contribution in [0.15, 0.2) is 84.9 Å². The first-order chi connectivity index (χ1) is 11.2. The van der Waals surface area contributed by atoms with Crippen LogP contribution in [-0.4, -0.2) is 5.91 Å². The molecule has 114 valence electrons. The van der Waals surface area contributed by atoms with Gasteiger partial charge < -0.3 is 5.32 Å². The van der Waals surface area contributed by atoms with E-state index in [0.29, 0.717) is 10.6 Å². The van der Waals surface area contributed by atoms with Gasteiger partial charge >= 0.3 is 0 Å². The van der Waals surface area contributed by atoms with Gasteiger partial charge in [-0.15, -0.1) is 0 Å². The topological polar surface area (TPSA) is 29.1 Å². The number of rotatable bonds is 4. The molecule has 3 heteroatoms. The zero-order valence-corrected chi connectivity index (χ0v) is 13.2. The maximum Gasteiger partial charge on any atom is 0.252 e. The van der Waals surface area contributed by atoms with E-state index in [1.807, 2.05) is 60.7 Å². The Bertz CT molecular complexity index is 748. The van der Waals surface area contributed by atoms with Crippen molar-refractivity contribution in [3.63, 3.8) is 0 Å². The van der Waals surface area contributed by atoms with Crippen LogP contribution in [0.25, 0.3) is 0 Å². The Labute approximate surface area is 140 Å². The van der Waals surface area contributed by atoms with Crippen molar-refractivity contribution < 1.29 is 4.79 Å². The number of halogens is 1. The summed E-state index contributed by atoms with van der Waals surface area (Å²) >= 11 is 5.98. The molecule has 0 fully saturated rings. The molecule has 1 amide bonds. The molecule has 0 saturated heterocycles. The zero-order chi connectivity index (χ0) is 16.1. The molecule has 3 aromatic rings. The molecule has 0 atom stereocenters. The van der Waals surface area contributed by atoms with E-state index >= 15 is 0 Å². The highest BCUT2D eigenvalue weighted by Gasteiger charge is 2.17. The highest BCUT2D eigenvalue weighted by molar-refractivity contribution is 6.30. The predicted octanol–water partition coefficient (Wildman–Crippen LogP) is 4.86. The van der Waals surface area contributed by atoms with Crippen molar-refractivity contribution in [1.82, 2.24) is 5.32 Å². The van der Waals surface area contributed by atoms with E-state index in [1.165, 1.54) is 0 Å². The fourth-order valence-corrected chi connectivity index (χ4v) is 2.68. The lowest BCUT2D eigenvalue weighted by molar-refractivity contribution is 0.0943. The Balaban J connectivity index is 1.92. The van der Waals surface area contributed by atoms with Crippen LogP contribution in [-0.2, 0) is 0 Å². The molecule has 0 aliphatic rings. The molecule has 1 N–H and O–H groups in total. The quantitative estimate of drug-likeness (QED) is 0.730. The van der Waals surface area contributed by atoms with E-state index in [-0.39, 0.29) is 11.9 Å². The van der Waals surface area contributed by atoms with E-state index in [0.717, 1.165) is 11.1 Å². The normalized spacial score (nSPS) is 10.5. The Kier molecular flexibility index (Phi) is 4.74. The lowest BCUT2D eigenvalue weighted by Crippen LogP contribution is -2.29. The number of hydrogen-bond acceptors (Lipinski definition) is 1. The van der Waals surface area contributed by atoms with Crippen LogP contribution < -0.4 is 5.32 Å². The smallest absolute Gasteiger partial charge is 0.252 e. The van der Waals surface area contributed by atoms with Crippen molar-refractivity contribution in [1.29, 1.82) is 0 Å². The van der Waals surface area contributed by atoms with Crippen molar-refractivity contribution >= 4 is 17.5 Å². The molecular formula is C20H16ClNO. The molecule has 23 heavy (non-hydrogen) atoms. The number of amides is 1. The van der Waals surface area contributed by atoms with Crippen molar-refractivity contribution in [2.45, 2.75) is 6.04 Å². The van der Waals surface area contributed by atoms with Crippen LogP contribution in [0.5, 0.6) is 0 Å². The Morgan fingerprint density at radius 3 is 1.87 bits per heavy atom. The lowest BCUT2D eigenvalue weighted by Gasteiger charge is -2.20. The van der Waals surface area contributed by atoms with E-state index in [1.54, 1.807) is 24.3 Å². The van der Waals surface area contributed by atoms with Gasteiger partial charge in [-0.05, 0) is 29.3 Å². The van der Waals surface area contributed by atoms with Crippen molar-refractivity contribution in [3.05, 3.63) is 107 Å². The van der Waals surface area contributed by atoms with Crippen molar-refractivity contribution in [3.8, 4) is 0 Å². The van der Waals surface area contributed by atoms with Crippen LogP contribution in [0.4, 0.5) is 0 Å². The van der Waals surface area contributed by atoms with Gasteiger partial charge in [-0.1, -0.05) is 78.3 Å². The summed E-state index contributed by atoms with van der Waals surface area (Å²) in [5, 5.41) is 3.65. The van der Waals surface area contributed by atoms with Gasteiger partial charge in [0.2, 0.25) is 0 Å². The molecule has 0 spiro atoms. The first-order valence-electron chi connectivity index (χ1n) is 7.40. The minimum Gasteiger partial charge on any atom is -0.341 e. The minimum absolute atomic E-state index is 0.148. The fraction of sp³-hybridized carbons (Fsp3) is 0.0500. The van der Waals surface area contributed by atoms with E-state index in [2.05, 4.69) is 5.32 Å². The van der Waals surface area contributed by atoms with Crippen LogP contribution in [0.1, 0.15) is 27.5 Å². The largest absolute Gasteiger partial charge is 0.341 e. The maximum absolute atomic E-state index is 12.6. The van der Waals surface area contributed by atoms with Gasteiger partial charge in [-0.25, -0.2) is 0 Å². The summed E-state index contributed by atoms with van der Waals surface area (Å²) < 4.78 is 0. The third kappa shape index (κ3) is 3.79. The molecule has 3 rings (SSSR count). The van der Waals surface area contributed by atoms with Crippen LogP contribution in [0, 0.1) is 0 Å². The standard InChI is InChI=1S/C20H16ClNO/c21-18-13-7-12-17(14-18)20(23)22-19(15-8-3-1-4-9-15)16-10-5-2-6-11-16/h1-14,19H,(H,22,23). The average molecular weight is 322 g/mol. The van der Waals surface area contributed by atoms with Crippen LogP contribution >= 0.6 is 11.6 Å². The Morgan fingerprint density at radius 2 is 1.35 bits per heavy atom. The van der Waals surface area contributed by atoms with Crippen molar-refractivity contribution in [2.24, 2.45) is 0 Å². The third-order valence-corrected chi connectivity index (χ3v) is 3.86. The molecule has 0 unspecified atom stereocenters. The average Bonchev–Trinajstić information content (AvgIpc) is 2.61. The summed E-state index contributed by atoms with van der Waals surface area (Å²) in [6.07, 6.45) is 0. The summed E-state index contributed by atoms with van der Waals surface area (Å²) in [5.74, 6) is -0.148. The number of carbonyl (C=O) groups excluding carboxylic acids is 1. The number of benzene rings is 3. The Morgan fingerprint density at radius 1 is 0.783 bits per heavy atom. The van der Waals surface area contributed by atoms with Gasteiger partial charge in [0.05, 0.1) is 6.04 Å². The zero-order valence-electron chi connectivity index (χ0n) is 12.4. The molecule has 3 aromatic carbocycles. The Hall–Kier alpha value is -2.58. The molecule has 0 aliphatic carbocycles. The molecule has 0 saturated carbocycles. The fourth-order valence-electron chi connectivity index (χ4n) is 2.49. The molecule has 0 aromatic heterocycles. The van der Waals surface area contributed by atoms with Crippen LogP contribution in [0.3, 0.4) is 0 Å². The third-order valence-electron chi connectivity index (χ3n) is 3.63. The summed E-state index contributed by atoms with van der Waals surface area (Å²) in [4.78, 5) is 12.6. The first kappa shape index (κ1) is 15.3. The molecule has 2 nitrogen and oxygen atoms in total. The summed E-state index contributed by atoms with van der Waals surface area (Å²) in [6, 6.07) is 26.6. The monoisotopic (exact) mass is 321 g/mol. The van der Waals surface area contributed by atoms with Gasteiger partial charge in [0, 0.05) is 10.6 Å². The van der Waals surface area contributed by atoms with Gasteiger partial charge in [-0.2, -0.15) is 0 Å². The first-order valence-corrected chi connectivity index (χ1v) is 7.78. The maximum atomic E-state index is 12.6. The van der Waals surface area contributed by atoms with Gasteiger partial charge in [0.15, 0.2) is 0 Å². The second-order valence-electron chi connectivity index (χ2n) is 5.24. The van der Waals surface area contributed by atoms with Crippen molar-refractivity contribution in [2.75, 3.05) is 0 Å². The second kappa shape index (κ2) is 7.12. The highest BCUT2D eigenvalue weighted by Crippen LogP contribution is 2.22. The molecule has 0 bridgehead atoms. The highest BCUT2D eigenvalue weighted by atomic mass is 35.5. The van der Waals surface area contributed by atoms with Gasteiger partial charge in [0.25, 0.3) is 5.91 Å². The summed E-state index contributed by atoms with van der Waals surface area (Å²) in [5.41, 5.74) is 2.62. The summed E-state index contributed by atoms with van der Waals surface area (Å²) in [7, 11) is 0.